The van der Waals surface area contributed by atoms with Crippen molar-refractivity contribution in [3.8, 4) is 16.5 Å². The van der Waals surface area contributed by atoms with E-state index in [0.717, 1.165) is 48.2 Å². The maximum atomic E-state index is 13.4. The molecule has 10 heteroatoms. The molecule has 1 aromatic carbocycles. The summed E-state index contributed by atoms with van der Waals surface area (Å²) in [5, 5.41) is 13.5. The van der Waals surface area contributed by atoms with E-state index in [1.165, 1.54) is 30.6 Å². The molecule has 4 rings (SSSR count). The van der Waals surface area contributed by atoms with Crippen molar-refractivity contribution < 1.29 is 17.9 Å². The van der Waals surface area contributed by atoms with Crippen LogP contribution >= 0.6 is 11.3 Å². The van der Waals surface area contributed by atoms with Gasteiger partial charge in [0, 0.05) is 24.8 Å². The number of nitriles is 1. The number of benzene rings is 1. The van der Waals surface area contributed by atoms with Gasteiger partial charge in [-0.25, -0.2) is 18.1 Å². The lowest BCUT2D eigenvalue weighted by Gasteiger charge is -2.25. The number of hydrogen-bond acceptors (Lipinski definition) is 7. The van der Waals surface area contributed by atoms with Gasteiger partial charge in [0.1, 0.15) is 0 Å². The minimum Gasteiger partial charge on any atom is -0.381 e. The molecule has 2 fully saturated rings. The molecule has 0 radical (unpaired) electrons. The lowest BCUT2D eigenvalue weighted by molar-refractivity contribution is 0.0696. The fourth-order valence-electron chi connectivity index (χ4n) is 5.48. The van der Waals surface area contributed by atoms with Crippen LogP contribution in [0, 0.1) is 17.2 Å². The highest BCUT2D eigenvalue weighted by atomic mass is 32.2. The van der Waals surface area contributed by atoms with Crippen LogP contribution in [0.2, 0.25) is 0 Å². The zero-order valence-corrected chi connectivity index (χ0v) is 25.9. The molecule has 1 aliphatic heterocycles. The number of rotatable bonds is 8. The monoisotopic (exact) mass is 586 g/mol. The lowest BCUT2D eigenvalue weighted by atomic mass is 9.84. The van der Waals surface area contributed by atoms with Crippen LogP contribution in [0.1, 0.15) is 101 Å². The van der Waals surface area contributed by atoms with Crippen LogP contribution in [0.5, 0.6) is 0 Å². The second-order valence-corrected chi connectivity index (χ2v) is 15.3. The molecule has 1 amide bonds. The number of amides is 1. The highest BCUT2D eigenvalue weighted by Gasteiger charge is 2.33. The molecule has 2 heterocycles. The van der Waals surface area contributed by atoms with E-state index in [1.807, 2.05) is 0 Å². The quantitative estimate of drug-likeness (QED) is 0.408. The van der Waals surface area contributed by atoms with E-state index in [-0.39, 0.29) is 16.8 Å². The van der Waals surface area contributed by atoms with Crippen LogP contribution in [0.25, 0.3) is 10.4 Å². The maximum absolute atomic E-state index is 13.4. The topological polar surface area (TPSA) is 121 Å². The third-order valence-corrected chi connectivity index (χ3v) is 10.5. The molecule has 8 nitrogen and oxygen atoms in total. The van der Waals surface area contributed by atoms with Crippen molar-refractivity contribution in [1.29, 1.82) is 5.26 Å². The molecule has 0 atom stereocenters. The predicted octanol–water partition coefficient (Wildman–Crippen LogP) is 5.72. The van der Waals surface area contributed by atoms with Crippen molar-refractivity contribution in [2.24, 2.45) is 5.92 Å². The fraction of sp³-hybridized carbons (Fsp3) is 0.633. The first-order chi connectivity index (χ1) is 18.8. The first-order valence-electron chi connectivity index (χ1n) is 14.3. The molecule has 40 heavy (non-hydrogen) atoms. The standard InChI is InChI=1S/C30H42N4O4S2/c1-29(2,3)34-40(36,37)25-12-11-21(18-23(25)30(4,5)19-31)26-24(17-20-9-7-6-8-10-20)33-28(39-26)27(35)32-22-13-15-38-16-14-22/h11-12,18,20,22,34H,6-10,13-17H2,1-5H3,(H,32,35). The van der Waals surface area contributed by atoms with Crippen molar-refractivity contribution in [1.82, 2.24) is 15.0 Å². The van der Waals surface area contributed by atoms with E-state index in [0.29, 0.717) is 29.7 Å². The second kappa shape index (κ2) is 12.3. The van der Waals surface area contributed by atoms with Gasteiger partial charge in [-0.2, -0.15) is 5.26 Å². The van der Waals surface area contributed by atoms with E-state index in [2.05, 4.69) is 16.1 Å². The van der Waals surface area contributed by atoms with Crippen molar-refractivity contribution in [2.75, 3.05) is 13.2 Å². The van der Waals surface area contributed by atoms with Gasteiger partial charge in [-0.05, 0) is 83.1 Å². The number of carbonyl (C=O) groups excluding carboxylic acids is 1. The summed E-state index contributed by atoms with van der Waals surface area (Å²) in [7, 11) is -3.89. The van der Waals surface area contributed by atoms with Gasteiger partial charge in [0.25, 0.3) is 5.91 Å². The predicted molar refractivity (Wildman–Crippen MR) is 158 cm³/mol. The third-order valence-electron chi connectivity index (χ3n) is 7.58. The summed E-state index contributed by atoms with van der Waals surface area (Å²) in [5.74, 6) is 0.325. The summed E-state index contributed by atoms with van der Waals surface area (Å²) >= 11 is 1.35. The Morgan fingerprint density at radius 2 is 1.77 bits per heavy atom. The van der Waals surface area contributed by atoms with Gasteiger partial charge in [0.2, 0.25) is 10.0 Å². The minimum atomic E-state index is -3.89. The molecule has 1 saturated heterocycles. The Morgan fingerprint density at radius 3 is 2.40 bits per heavy atom. The molecule has 0 spiro atoms. The Bertz CT molecular complexity index is 1360. The zero-order valence-electron chi connectivity index (χ0n) is 24.3. The molecule has 2 N–H and O–H groups in total. The highest BCUT2D eigenvalue weighted by Crippen LogP contribution is 2.39. The Hall–Kier alpha value is -2.32. The average molecular weight is 587 g/mol. The van der Waals surface area contributed by atoms with Crippen LogP contribution in [-0.4, -0.2) is 44.1 Å². The highest BCUT2D eigenvalue weighted by molar-refractivity contribution is 7.89. The summed E-state index contributed by atoms with van der Waals surface area (Å²) < 4.78 is 34.9. The molecule has 1 saturated carbocycles. The first-order valence-corrected chi connectivity index (χ1v) is 16.6. The molecule has 2 aliphatic rings. The fourth-order valence-corrected chi connectivity index (χ4v) is 8.24. The molecule has 0 bridgehead atoms. The lowest BCUT2D eigenvalue weighted by Crippen LogP contribution is -2.41. The molecular formula is C30H42N4O4S2. The van der Waals surface area contributed by atoms with Gasteiger partial charge < -0.3 is 10.1 Å². The SMILES string of the molecule is CC(C)(C)NS(=O)(=O)c1ccc(-c2sc(C(=O)NC3CCOCC3)nc2CC2CCCCC2)cc1C(C)(C)C#N. The number of nitrogens with zero attached hydrogens (tertiary/aromatic N) is 2. The average Bonchev–Trinajstić information content (AvgIpc) is 3.32. The molecule has 0 unspecified atom stereocenters. The summed E-state index contributed by atoms with van der Waals surface area (Å²) in [5.41, 5.74) is 0.340. The van der Waals surface area contributed by atoms with Gasteiger partial charge in [-0.1, -0.05) is 38.2 Å². The number of ether oxygens (including phenoxy) is 1. The number of sulfonamides is 1. The zero-order chi connectivity index (χ0) is 29.1. The van der Waals surface area contributed by atoms with Crippen LogP contribution in [0.4, 0.5) is 0 Å². The number of carbonyl (C=O) groups is 1. The summed E-state index contributed by atoms with van der Waals surface area (Å²) in [6.07, 6.45) is 8.29. The van der Waals surface area contributed by atoms with Crippen LogP contribution in [0.3, 0.4) is 0 Å². The number of thiazole rings is 1. The smallest absolute Gasteiger partial charge is 0.280 e. The van der Waals surface area contributed by atoms with E-state index >= 15 is 0 Å². The third kappa shape index (κ3) is 7.49. The van der Waals surface area contributed by atoms with Crippen molar-refractivity contribution in [3.05, 3.63) is 34.5 Å². The molecule has 1 aromatic heterocycles. The molecule has 2 aromatic rings. The molecular weight excluding hydrogens is 544 g/mol. The van der Waals surface area contributed by atoms with E-state index < -0.39 is 21.0 Å². The second-order valence-electron chi connectivity index (χ2n) is 12.7. The van der Waals surface area contributed by atoms with Crippen molar-refractivity contribution in [3.63, 3.8) is 0 Å². The van der Waals surface area contributed by atoms with Gasteiger partial charge in [-0.15, -0.1) is 11.3 Å². The van der Waals surface area contributed by atoms with Crippen LogP contribution < -0.4 is 10.0 Å². The minimum absolute atomic E-state index is 0.0678. The Labute approximate surface area is 243 Å². The maximum Gasteiger partial charge on any atom is 0.280 e. The summed E-state index contributed by atoms with van der Waals surface area (Å²) in [4.78, 5) is 19.1. The summed E-state index contributed by atoms with van der Waals surface area (Å²) in [6.45, 7) is 10.1. The first kappa shape index (κ1) is 30.6. The van der Waals surface area contributed by atoms with Crippen LogP contribution in [-0.2, 0) is 26.6 Å². The Kier molecular flexibility index (Phi) is 9.40. The normalized spacial score (nSPS) is 17.9. The van der Waals surface area contributed by atoms with Gasteiger partial charge in [-0.3, -0.25) is 4.79 Å². The van der Waals surface area contributed by atoms with Crippen molar-refractivity contribution in [2.45, 2.75) is 108 Å². The van der Waals surface area contributed by atoms with E-state index in [1.54, 1.807) is 52.8 Å². The molecule has 218 valence electrons. The number of aromatic nitrogens is 1. The Balaban J connectivity index is 1.77. The molecule has 1 aliphatic carbocycles. The van der Waals surface area contributed by atoms with Crippen LogP contribution in [0.15, 0.2) is 23.1 Å². The Morgan fingerprint density at radius 1 is 1.10 bits per heavy atom. The largest absolute Gasteiger partial charge is 0.381 e. The van der Waals surface area contributed by atoms with E-state index in [9.17, 15) is 18.5 Å². The number of nitrogens with one attached hydrogen (secondary N) is 2. The van der Waals surface area contributed by atoms with Crippen molar-refractivity contribution >= 4 is 27.3 Å². The van der Waals surface area contributed by atoms with Gasteiger partial charge >= 0.3 is 0 Å². The van der Waals surface area contributed by atoms with Gasteiger partial charge in [0.15, 0.2) is 5.01 Å². The van der Waals surface area contributed by atoms with Gasteiger partial charge in [0.05, 0.1) is 27.0 Å². The number of hydrogen-bond donors (Lipinski definition) is 2. The van der Waals surface area contributed by atoms with E-state index in [4.69, 9.17) is 9.72 Å². The summed E-state index contributed by atoms with van der Waals surface area (Å²) in [6, 6.07) is 7.52.